The molecule has 128 valence electrons. The maximum absolute atomic E-state index is 12.3. The largest absolute Gasteiger partial charge is 0.481 e. The molecule has 0 saturated carbocycles. The van der Waals surface area contributed by atoms with Crippen LogP contribution in [0.2, 0.25) is 0 Å². The van der Waals surface area contributed by atoms with Gasteiger partial charge < -0.3 is 15.0 Å². The van der Waals surface area contributed by atoms with E-state index in [2.05, 4.69) is 22.3 Å². The molecule has 0 spiro atoms. The van der Waals surface area contributed by atoms with E-state index in [1.54, 1.807) is 0 Å². The lowest BCUT2D eigenvalue weighted by atomic mass is 10.2. The summed E-state index contributed by atoms with van der Waals surface area (Å²) >= 11 is 0. The second kappa shape index (κ2) is 8.96. The van der Waals surface area contributed by atoms with Crippen molar-refractivity contribution in [3.05, 3.63) is 60.2 Å². The van der Waals surface area contributed by atoms with Crippen molar-refractivity contribution in [1.29, 1.82) is 0 Å². The van der Waals surface area contributed by atoms with Gasteiger partial charge in [0.15, 0.2) is 6.10 Å². The molecule has 0 saturated heterocycles. The van der Waals surface area contributed by atoms with Crippen molar-refractivity contribution >= 4 is 11.6 Å². The third kappa shape index (κ3) is 5.30. The highest BCUT2D eigenvalue weighted by molar-refractivity contribution is 5.81. The van der Waals surface area contributed by atoms with E-state index in [9.17, 15) is 4.79 Å². The number of carbonyl (C=O) groups is 1. The van der Waals surface area contributed by atoms with Gasteiger partial charge in [-0.05, 0) is 43.2 Å². The van der Waals surface area contributed by atoms with Crippen LogP contribution in [-0.4, -0.2) is 32.1 Å². The van der Waals surface area contributed by atoms with E-state index in [0.29, 0.717) is 13.0 Å². The van der Waals surface area contributed by atoms with E-state index in [0.717, 1.165) is 23.5 Å². The van der Waals surface area contributed by atoms with Crippen LogP contribution in [0.1, 0.15) is 18.9 Å². The Morgan fingerprint density at radius 1 is 1.17 bits per heavy atom. The van der Waals surface area contributed by atoms with Crippen molar-refractivity contribution < 1.29 is 9.53 Å². The average molecular weight is 326 g/mol. The number of hydrogen-bond donors (Lipinski definition) is 1. The lowest BCUT2D eigenvalue weighted by Gasteiger charge is -2.21. The molecule has 0 aliphatic rings. The molecule has 0 aliphatic carbocycles. The van der Waals surface area contributed by atoms with Gasteiger partial charge >= 0.3 is 0 Å². The minimum atomic E-state index is -0.464. The van der Waals surface area contributed by atoms with Gasteiger partial charge in [-0.25, -0.2) is 0 Å². The highest BCUT2D eigenvalue weighted by Crippen LogP contribution is 2.15. The van der Waals surface area contributed by atoms with E-state index in [1.165, 1.54) is 0 Å². The van der Waals surface area contributed by atoms with Crippen LogP contribution in [0.5, 0.6) is 5.75 Å². The number of benzene rings is 2. The lowest BCUT2D eigenvalue weighted by Crippen LogP contribution is -2.41. The summed E-state index contributed by atoms with van der Waals surface area (Å²) in [6.07, 6.45) is 0.169. The third-order valence-electron chi connectivity index (χ3n) is 3.87. The summed E-state index contributed by atoms with van der Waals surface area (Å²) in [7, 11) is 2.02. The zero-order valence-corrected chi connectivity index (χ0v) is 14.7. The summed E-state index contributed by atoms with van der Waals surface area (Å²) in [5.74, 6) is 0.666. The van der Waals surface area contributed by atoms with E-state index in [1.807, 2.05) is 63.4 Å². The van der Waals surface area contributed by atoms with Crippen LogP contribution in [0.15, 0.2) is 54.6 Å². The first-order chi connectivity index (χ1) is 11.6. The Kier molecular flexibility index (Phi) is 6.67. The van der Waals surface area contributed by atoms with Crippen molar-refractivity contribution in [3.8, 4) is 5.75 Å². The van der Waals surface area contributed by atoms with Crippen LogP contribution in [0.4, 0.5) is 5.69 Å². The SMILES string of the molecule is CC[C@H](Oc1cccc(C)c1)C(=O)NCCN(C)c1ccccc1. The minimum Gasteiger partial charge on any atom is -0.481 e. The fourth-order valence-electron chi connectivity index (χ4n) is 2.45. The standard InChI is InChI=1S/C20H26N2O2/c1-4-19(24-18-12-8-9-16(2)15-18)20(23)21-13-14-22(3)17-10-6-5-7-11-17/h5-12,15,19H,4,13-14H2,1-3H3,(H,21,23)/t19-/m0/s1. The van der Waals surface area contributed by atoms with Crippen LogP contribution < -0.4 is 15.0 Å². The number of ether oxygens (including phenoxy) is 1. The molecule has 4 nitrogen and oxygen atoms in total. The number of hydrogen-bond acceptors (Lipinski definition) is 3. The Morgan fingerprint density at radius 2 is 1.92 bits per heavy atom. The fraction of sp³-hybridized carbons (Fsp3) is 0.350. The number of aryl methyl sites for hydroxylation is 1. The zero-order valence-electron chi connectivity index (χ0n) is 14.7. The van der Waals surface area contributed by atoms with Crippen molar-refractivity contribution in [3.63, 3.8) is 0 Å². The number of nitrogens with zero attached hydrogens (tertiary/aromatic N) is 1. The highest BCUT2D eigenvalue weighted by Gasteiger charge is 2.18. The summed E-state index contributed by atoms with van der Waals surface area (Å²) in [6, 6.07) is 17.9. The van der Waals surface area contributed by atoms with E-state index < -0.39 is 6.10 Å². The van der Waals surface area contributed by atoms with Crippen LogP contribution in [0.3, 0.4) is 0 Å². The van der Waals surface area contributed by atoms with Crippen molar-refractivity contribution in [2.24, 2.45) is 0 Å². The van der Waals surface area contributed by atoms with Gasteiger partial charge in [-0.2, -0.15) is 0 Å². The molecule has 0 bridgehead atoms. The van der Waals surface area contributed by atoms with Gasteiger partial charge in [-0.1, -0.05) is 37.3 Å². The van der Waals surface area contributed by atoms with Crippen LogP contribution in [-0.2, 0) is 4.79 Å². The molecule has 2 rings (SSSR count). The average Bonchev–Trinajstić information content (AvgIpc) is 2.60. The summed E-state index contributed by atoms with van der Waals surface area (Å²) in [5.41, 5.74) is 2.25. The van der Waals surface area contributed by atoms with Gasteiger partial charge in [0.1, 0.15) is 5.75 Å². The Labute approximate surface area is 144 Å². The predicted molar refractivity (Wildman–Crippen MR) is 98.6 cm³/mol. The Bertz CT molecular complexity index is 643. The molecule has 0 heterocycles. The third-order valence-corrected chi connectivity index (χ3v) is 3.87. The van der Waals surface area contributed by atoms with Gasteiger partial charge in [0, 0.05) is 25.8 Å². The summed E-state index contributed by atoms with van der Waals surface area (Å²) in [5, 5.41) is 2.96. The Morgan fingerprint density at radius 3 is 2.58 bits per heavy atom. The first-order valence-corrected chi connectivity index (χ1v) is 8.37. The van der Waals surface area contributed by atoms with Crippen LogP contribution >= 0.6 is 0 Å². The maximum atomic E-state index is 12.3. The smallest absolute Gasteiger partial charge is 0.261 e. The fourth-order valence-corrected chi connectivity index (χ4v) is 2.45. The second-order valence-electron chi connectivity index (χ2n) is 5.88. The molecule has 1 atom stereocenters. The number of rotatable bonds is 8. The highest BCUT2D eigenvalue weighted by atomic mass is 16.5. The van der Waals surface area contributed by atoms with Crippen LogP contribution in [0.25, 0.3) is 0 Å². The van der Waals surface area contributed by atoms with Crippen molar-refractivity contribution in [2.45, 2.75) is 26.4 Å². The first-order valence-electron chi connectivity index (χ1n) is 8.37. The number of anilines is 1. The maximum Gasteiger partial charge on any atom is 0.261 e. The number of nitrogens with one attached hydrogen (secondary N) is 1. The van der Waals surface area contributed by atoms with E-state index in [4.69, 9.17) is 4.74 Å². The van der Waals surface area contributed by atoms with E-state index >= 15 is 0 Å². The Balaban J connectivity index is 1.81. The summed E-state index contributed by atoms with van der Waals surface area (Å²) in [4.78, 5) is 14.4. The van der Waals surface area contributed by atoms with Crippen molar-refractivity contribution in [2.75, 3.05) is 25.0 Å². The molecule has 0 aromatic heterocycles. The molecular weight excluding hydrogens is 300 g/mol. The van der Waals surface area contributed by atoms with Gasteiger partial charge in [0.25, 0.3) is 5.91 Å². The lowest BCUT2D eigenvalue weighted by molar-refractivity contribution is -0.128. The molecule has 24 heavy (non-hydrogen) atoms. The van der Waals surface area contributed by atoms with Gasteiger partial charge in [0.05, 0.1) is 0 Å². The number of carbonyl (C=O) groups excluding carboxylic acids is 1. The first kappa shape index (κ1) is 17.9. The van der Waals surface area contributed by atoms with Gasteiger partial charge in [0.2, 0.25) is 0 Å². The summed E-state index contributed by atoms with van der Waals surface area (Å²) < 4.78 is 5.82. The number of amides is 1. The molecule has 0 unspecified atom stereocenters. The molecule has 0 fully saturated rings. The van der Waals surface area contributed by atoms with Gasteiger partial charge in [-0.3, -0.25) is 4.79 Å². The molecule has 1 N–H and O–H groups in total. The molecule has 1 amide bonds. The van der Waals surface area contributed by atoms with Crippen LogP contribution in [0, 0.1) is 6.92 Å². The van der Waals surface area contributed by atoms with Crippen molar-refractivity contribution in [1.82, 2.24) is 5.32 Å². The normalized spacial score (nSPS) is 11.6. The molecular formula is C20H26N2O2. The zero-order chi connectivity index (χ0) is 17.4. The molecule has 4 heteroatoms. The minimum absolute atomic E-state index is 0.0690. The molecule has 0 aliphatic heterocycles. The van der Waals surface area contributed by atoms with Gasteiger partial charge in [-0.15, -0.1) is 0 Å². The number of likely N-dealkylation sites (N-methyl/N-ethyl adjacent to an activating group) is 1. The summed E-state index contributed by atoms with van der Waals surface area (Å²) in [6.45, 7) is 5.29. The molecule has 0 radical (unpaired) electrons. The second-order valence-corrected chi connectivity index (χ2v) is 5.88. The predicted octanol–water partition coefficient (Wildman–Crippen LogP) is 3.41. The topological polar surface area (TPSA) is 41.6 Å². The monoisotopic (exact) mass is 326 g/mol. The number of para-hydroxylation sites is 1. The molecule has 2 aromatic rings. The van der Waals surface area contributed by atoms with E-state index in [-0.39, 0.29) is 5.91 Å². The Hall–Kier alpha value is -2.49. The molecule has 2 aromatic carbocycles. The quantitative estimate of drug-likeness (QED) is 0.808.